The van der Waals surface area contributed by atoms with Gasteiger partial charge in [0.25, 0.3) is 11.8 Å². The highest BCUT2D eigenvalue weighted by Crippen LogP contribution is 2.40. The lowest BCUT2D eigenvalue weighted by Gasteiger charge is -2.15. The molecule has 3 aromatic rings. The van der Waals surface area contributed by atoms with E-state index in [0.29, 0.717) is 42.7 Å². The molecular weight excluding hydrogens is 567 g/mol. The van der Waals surface area contributed by atoms with E-state index in [4.69, 9.17) is 49.6 Å². The summed E-state index contributed by atoms with van der Waals surface area (Å²) in [5.74, 6) is 0.536. The molecule has 0 radical (unpaired) electrons. The monoisotopic (exact) mass is 588 g/mol. The van der Waals surface area contributed by atoms with E-state index in [2.05, 4.69) is 5.32 Å². The van der Waals surface area contributed by atoms with E-state index in [1.807, 2.05) is 13.0 Å². The summed E-state index contributed by atoms with van der Waals surface area (Å²) in [5.41, 5.74) is 2.70. The number of ether oxygens (including phenoxy) is 3. The minimum Gasteiger partial charge on any atom is -0.497 e. The van der Waals surface area contributed by atoms with Gasteiger partial charge < -0.3 is 19.5 Å². The van der Waals surface area contributed by atoms with Gasteiger partial charge in [-0.1, -0.05) is 53.2 Å². The summed E-state index contributed by atoms with van der Waals surface area (Å²) in [6.07, 6.45) is 1.68. The maximum atomic E-state index is 13.1. The third kappa shape index (κ3) is 6.24. The van der Waals surface area contributed by atoms with Gasteiger partial charge in [-0.2, -0.15) is 0 Å². The molecule has 2 amide bonds. The van der Waals surface area contributed by atoms with Crippen LogP contribution >= 0.6 is 47.2 Å². The number of rotatable bonds is 8. The minimum absolute atomic E-state index is 0.203. The van der Waals surface area contributed by atoms with Crippen molar-refractivity contribution in [1.29, 1.82) is 0 Å². The Morgan fingerprint density at radius 2 is 1.79 bits per heavy atom. The Kier molecular flexibility index (Phi) is 8.83. The fourth-order valence-corrected chi connectivity index (χ4v) is 5.29. The van der Waals surface area contributed by atoms with Crippen molar-refractivity contribution in [2.24, 2.45) is 0 Å². The number of nitrogens with zero attached hydrogens (tertiary/aromatic N) is 1. The van der Waals surface area contributed by atoms with Crippen molar-refractivity contribution in [2.75, 3.05) is 31.0 Å². The zero-order valence-electron chi connectivity index (χ0n) is 20.5. The summed E-state index contributed by atoms with van der Waals surface area (Å²) in [5, 5.41) is 3.49. The van der Waals surface area contributed by atoms with Gasteiger partial charge in [0.2, 0.25) is 0 Å². The molecule has 0 unspecified atom stereocenters. The number of carbonyl (C=O) groups is 2. The zero-order valence-corrected chi connectivity index (χ0v) is 23.7. The van der Waals surface area contributed by atoms with Crippen molar-refractivity contribution in [3.05, 3.63) is 80.7 Å². The number of benzene rings is 3. The predicted molar refractivity (Wildman–Crippen MR) is 157 cm³/mol. The molecule has 1 saturated heterocycles. The smallest absolute Gasteiger partial charge is 0.270 e. The lowest BCUT2D eigenvalue weighted by atomic mass is 10.1. The number of thiocarbonyl (C=S) groups is 1. The van der Waals surface area contributed by atoms with E-state index in [1.165, 1.54) is 23.8 Å². The fraction of sp³-hybridized carbons (Fsp3) is 0.148. The number of aryl methyl sites for hydroxylation is 1. The van der Waals surface area contributed by atoms with E-state index >= 15 is 0 Å². The standard InChI is InChI=1S/C27H22Cl2N2O5S2/c1-15-4-5-17(13-20(15)28)30-24(32)14-36-25-21(29)10-16(11-22(25)35-3)12-23-26(33)31(27(37)38-23)18-6-8-19(34-2)9-7-18/h4-13H,14H2,1-3H3,(H,30,32)/b23-12-. The zero-order chi connectivity index (χ0) is 27.4. The Labute approximate surface area is 239 Å². The van der Waals surface area contributed by atoms with Crippen LogP contribution in [0, 0.1) is 6.92 Å². The molecule has 1 N–H and O–H groups in total. The predicted octanol–water partition coefficient (Wildman–Crippen LogP) is 6.74. The minimum atomic E-state index is -0.394. The number of nitrogens with one attached hydrogen (secondary N) is 1. The highest BCUT2D eigenvalue weighted by Gasteiger charge is 2.33. The molecule has 0 aromatic heterocycles. The van der Waals surface area contributed by atoms with Crippen molar-refractivity contribution in [2.45, 2.75) is 6.92 Å². The number of hydrogen-bond acceptors (Lipinski definition) is 7. The van der Waals surface area contributed by atoms with Crippen molar-refractivity contribution >= 4 is 80.8 Å². The van der Waals surface area contributed by atoms with Crippen molar-refractivity contribution < 1.29 is 23.8 Å². The Morgan fingerprint density at radius 3 is 2.45 bits per heavy atom. The third-order valence-electron chi connectivity index (χ3n) is 5.48. The van der Waals surface area contributed by atoms with Gasteiger partial charge in [0.05, 0.1) is 29.8 Å². The van der Waals surface area contributed by atoms with Crippen LogP contribution in [0.15, 0.2) is 59.5 Å². The molecule has 1 aliphatic rings. The first-order valence-corrected chi connectivity index (χ1v) is 13.2. The van der Waals surface area contributed by atoms with Crippen molar-refractivity contribution in [1.82, 2.24) is 0 Å². The summed E-state index contributed by atoms with van der Waals surface area (Å²) in [6, 6.07) is 15.6. The molecule has 3 aromatic carbocycles. The van der Waals surface area contributed by atoms with Gasteiger partial charge >= 0.3 is 0 Å². The molecule has 0 aliphatic carbocycles. The van der Waals surface area contributed by atoms with Gasteiger partial charge in [0, 0.05) is 10.7 Å². The molecule has 1 fully saturated rings. The number of amides is 2. The number of anilines is 2. The first-order valence-electron chi connectivity index (χ1n) is 11.2. The number of carbonyl (C=O) groups excluding carboxylic acids is 2. The van der Waals surface area contributed by atoms with Gasteiger partial charge in [-0.3, -0.25) is 14.5 Å². The van der Waals surface area contributed by atoms with E-state index in [-0.39, 0.29) is 23.3 Å². The quantitative estimate of drug-likeness (QED) is 0.230. The van der Waals surface area contributed by atoms with E-state index < -0.39 is 5.91 Å². The highest BCUT2D eigenvalue weighted by molar-refractivity contribution is 8.27. The lowest BCUT2D eigenvalue weighted by molar-refractivity contribution is -0.118. The first-order chi connectivity index (χ1) is 18.2. The largest absolute Gasteiger partial charge is 0.497 e. The molecule has 1 heterocycles. The number of hydrogen-bond donors (Lipinski definition) is 1. The Balaban J connectivity index is 1.48. The molecule has 0 bridgehead atoms. The molecule has 0 saturated carbocycles. The second-order valence-electron chi connectivity index (χ2n) is 8.05. The summed E-state index contributed by atoms with van der Waals surface area (Å²) in [4.78, 5) is 27.4. The second-order valence-corrected chi connectivity index (χ2v) is 10.5. The second kappa shape index (κ2) is 12.1. The van der Waals surface area contributed by atoms with Crippen LogP contribution in [-0.2, 0) is 9.59 Å². The third-order valence-corrected chi connectivity index (χ3v) is 7.47. The molecule has 7 nitrogen and oxygen atoms in total. The van der Waals surface area contributed by atoms with Gasteiger partial charge in [-0.05, 0) is 72.7 Å². The number of methoxy groups -OCH3 is 2. The van der Waals surface area contributed by atoms with Crippen LogP contribution in [0.25, 0.3) is 6.08 Å². The van der Waals surface area contributed by atoms with Crippen LogP contribution in [0.1, 0.15) is 11.1 Å². The van der Waals surface area contributed by atoms with Gasteiger partial charge in [-0.25, -0.2) is 0 Å². The molecule has 4 rings (SSSR count). The molecule has 0 atom stereocenters. The first kappa shape index (κ1) is 27.8. The highest BCUT2D eigenvalue weighted by atomic mass is 35.5. The Bertz CT molecular complexity index is 1440. The van der Waals surface area contributed by atoms with Gasteiger partial charge in [0.1, 0.15) is 5.75 Å². The topological polar surface area (TPSA) is 77.1 Å². The average Bonchev–Trinajstić information content (AvgIpc) is 3.17. The Hall–Kier alpha value is -3.24. The van der Waals surface area contributed by atoms with Gasteiger partial charge in [0.15, 0.2) is 22.4 Å². The van der Waals surface area contributed by atoms with Crippen molar-refractivity contribution in [3.63, 3.8) is 0 Å². The van der Waals surface area contributed by atoms with Crippen LogP contribution in [0.3, 0.4) is 0 Å². The maximum Gasteiger partial charge on any atom is 0.270 e. The summed E-state index contributed by atoms with van der Waals surface area (Å²) >= 11 is 19.2. The molecule has 196 valence electrons. The van der Waals surface area contributed by atoms with E-state index in [0.717, 1.165) is 5.56 Å². The number of halogens is 2. The average molecular weight is 590 g/mol. The fourth-order valence-electron chi connectivity index (χ4n) is 3.54. The molecule has 1 aliphatic heterocycles. The summed E-state index contributed by atoms with van der Waals surface area (Å²) in [7, 11) is 3.03. The molecule has 11 heteroatoms. The van der Waals surface area contributed by atoms with Crippen molar-refractivity contribution in [3.8, 4) is 17.2 Å². The van der Waals surface area contributed by atoms with E-state index in [1.54, 1.807) is 61.7 Å². The van der Waals surface area contributed by atoms with Crippen LogP contribution in [0.5, 0.6) is 17.2 Å². The summed E-state index contributed by atoms with van der Waals surface area (Å²) < 4.78 is 16.7. The molecular formula is C27H22Cl2N2O5S2. The number of thioether (sulfide) groups is 1. The van der Waals surface area contributed by atoms with Crippen LogP contribution < -0.4 is 24.4 Å². The van der Waals surface area contributed by atoms with Crippen LogP contribution in [-0.4, -0.2) is 37.0 Å². The Morgan fingerprint density at radius 1 is 1.05 bits per heavy atom. The maximum absolute atomic E-state index is 13.1. The molecule has 38 heavy (non-hydrogen) atoms. The van der Waals surface area contributed by atoms with Crippen LogP contribution in [0.2, 0.25) is 10.0 Å². The van der Waals surface area contributed by atoms with E-state index in [9.17, 15) is 9.59 Å². The molecule has 0 spiro atoms. The summed E-state index contributed by atoms with van der Waals surface area (Å²) in [6.45, 7) is 1.57. The van der Waals surface area contributed by atoms with Crippen LogP contribution in [0.4, 0.5) is 11.4 Å². The lowest BCUT2D eigenvalue weighted by Crippen LogP contribution is -2.27. The van der Waals surface area contributed by atoms with Gasteiger partial charge in [-0.15, -0.1) is 0 Å². The SMILES string of the molecule is COc1ccc(N2C(=O)/C(=C/c3cc(Cl)c(OCC(=O)Nc4ccc(C)c(Cl)c4)c(OC)c3)SC2=S)cc1. The normalized spacial score (nSPS) is 14.1.